The molecule has 4 heterocycles. The van der Waals surface area contributed by atoms with Crippen molar-refractivity contribution in [3.63, 3.8) is 0 Å². The van der Waals surface area contributed by atoms with Gasteiger partial charge in [-0.05, 0) is 61.4 Å². The molecule has 20 heteroatoms. The number of halogens is 8. The Bertz CT molecular complexity index is 2480. The number of ether oxygens (including phenoxy) is 4. The summed E-state index contributed by atoms with van der Waals surface area (Å²) in [6.45, 7) is 3.17. The van der Waals surface area contributed by atoms with Crippen LogP contribution in [0.25, 0.3) is 22.5 Å². The van der Waals surface area contributed by atoms with E-state index in [1.54, 1.807) is 6.92 Å². The van der Waals surface area contributed by atoms with Gasteiger partial charge < -0.3 is 29.6 Å². The van der Waals surface area contributed by atoms with Gasteiger partial charge in [-0.2, -0.15) is 0 Å². The molecule has 0 aliphatic carbocycles. The second-order valence-electron chi connectivity index (χ2n) is 12.2. The molecule has 2 aliphatic heterocycles. The van der Waals surface area contributed by atoms with E-state index in [9.17, 15) is 35.9 Å². The Morgan fingerprint density at radius 1 is 0.603 bits per heavy atom. The molecule has 0 radical (unpaired) electrons. The van der Waals surface area contributed by atoms with Gasteiger partial charge in [-0.25, -0.2) is 18.7 Å². The average Bonchev–Trinajstić information content (AvgIpc) is 3.64. The zero-order valence-electron chi connectivity index (χ0n) is 29.3. The van der Waals surface area contributed by atoms with Crippen LogP contribution in [0.4, 0.5) is 38.0 Å². The number of rotatable bonds is 6. The normalized spacial score (nSPS) is 14.0. The smallest absolute Gasteiger partial charge is 0.395 e. The Balaban J connectivity index is 0.000000177. The molecule has 6 aromatic rings. The number of aryl methyl sites for hydroxylation is 1. The zero-order valence-corrected chi connectivity index (χ0v) is 30.9. The summed E-state index contributed by atoms with van der Waals surface area (Å²) in [5, 5.41) is 5.24. The molecule has 4 aromatic carbocycles. The van der Waals surface area contributed by atoms with E-state index in [-0.39, 0.29) is 83.9 Å². The second kappa shape index (κ2) is 15.4. The minimum atomic E-state index is -3.76. The first-order valence-corrected chi connectivity index (χ1v) is 17.2. The Labute approximate surface area is 332 Å². The molecule has 0 spiro atoms. The molecule has 12 nitrogen and oxygen atoms in total. The van der Waals surface area contributed by atoms with E-state index in [0.29, 0.717) is 5.56 Å². The first-order valence-electron chi connectivity index (χ1n) is 16.4. The third-order valence-corrected chi connectivity index (χ3v) is 8.90. The van der Waals surface area contributed by atoms with Crippen LogP contribution in [-0.2, 0) is 0 Å². The Morgan fingerprint density at radius 2 is 1.07 bits per heavy atom. The molecule has 58 heavy (non-hydrogen) atoms. The highest BCUT2D eigenvalue weighted by Crippen LogP contribution is 2.47. The molecule has 2 aliphatic rings. The SMILES string of the molecule is Cc1c(F)cccc1C(=O)Nc1cnc(-c2cc3c(cc2Cl)OC(F)(F)O3)cn1.Cc1ccc(F)cc1C(=O)Nc1cnc(-c2cc3c(cc2Cl)OC(F)(F)O3)cn1. The first-order chi connectivity index (χ1) is 27.4. The molecule has 0 saturated carbocycles. The van der Waals surface area contributed by atoms with Crippen LogP contribution in [0.1, 0.15) is 31.8 Å². The van der Waals surface area contributed by atoms with E-state index < -0.39 is 36.0 Å². The molecule has 2 aromatic heterocycles. The number of carbonyl (C=O) groups excluding carboxylic acids is 2. The van der Waals surface area contributed by atoms with Crippen molar-refractivity contribution >= 4 is 46.7 Å². The van der Waals surface area contributed by atoms with E-state index >= 15 is 0 Å². The number of alkyl halides is 4. The number of hydrogen-bond acceptors (Lipinski definition) is 10. The van der Waals surface area contributed by atoms with Crippen LogP contribution < -0.4 is 29.6 Å². The number of carbonyl (C=O) groups is 2. The standard InChI is InChI=1S/2C19H11ClF3N3O3/c1-9-2-3-10(21)4-11(9)18(27)26-17-8-24-14(7-25-17)12-5-15-16(6-13(12)20)29-19(22,23)28-15;1-9-10(3-2-4-13(9)21)18(27)26-17-8-24-14(7-25-17)11-5-15-16(6-12(11)20)29-19(22,23)28-15/h2*2-8H,1H3,(H,25,26,27). The number of nitrogens with one attached hydrogen (secondary N) is 2. The van der Waals surface area contributed by atoms with Crippen molar-refractivity contribution in [3.8, 4) is 45.5 Å². The number of aromatic nitrogens is 4. The largest absolute Gasteiger partial charge is 0.586 e. The highest BCUT2D eigenvalue weighted by atomic mass is 35.5. The fourth-order valence-corrected chi connectivity index (χ4v) is 5.96. The summed E-state index contributed by atoms with van der Waals surface area (Å²) in [7, 11) is 0. The van der Waals surface area contributed by atoms with E-state index in [0.717, 1.165) is 6.07 Å². The lowest BCUT2D eigenvalue weighted by Crippen LogP contribution is -2.25. The molecule has 0 saturated heterocycles. The Hall–Kier alpha value is -6.66. The third-order valence-electron chi connectivity index (χ3n) is 8.28. The number of hydrogen-bond donors (Lipinski definition) is 2. The summed E-state index contributed by atoms with van der Waals surface area (Å²) in [5.74, 6) is -2.65. The molecule has 0 unspecified atom stereocenters. The molecule has 0 bridgehead atoms. The van der Waals surface area contributed by atoms with Crippen LogP contribution >= 0.6 is 23.2 Å². The van der Waals surface area contributed by atoms with Crippen molar-refractivity contribution in [3.05, 3.63) is 129 Å². The first kappa shape index (κ1) is 39.6. The molecule has 2 N–H and O–H groups in total. The molecular weight excluding hydrogens is 821 g/mol. The van der Waals surface area contributed by atoms with Crippen LogP contribution in [0.15, 0.2) is 85.5 Å². The van der Waals surface area contributed by atoms with Crippen molar-refractivity contribution in [1.82, 2.24) is 19.9 Å². The molecule has 0 fully saturated rings. The molecule has 0 atom stereocenters. The lowest BCUT2D eigenvalue weighted by Gasteiger charge is -2.09. The quantitative estimate of drug-likeness (QED) is 0.155. The fraction of sp³-hybridized carbons (Fsp3) is 0.105. The minimum Gasteiger partial charge on any atom is -0.395 e. The van der Waals surface area contributed by atoms with Gasteiger partial charge >= 0.3 is 12.6 Å². The minimum absolute atomic E-state index is 0.103. The van der Waals surface area contributed by atoms with Crippen molar-refractivity contribution in [2.24, 2.45) is 0 Å². The van der Waals surface area contributed by atoms with Gasteiger partial charge in [0, 0.05) is 34.4 Å². The highest BCUT2D eigenvalue weighted by molar-refractivity contribution is 6.34. The maximum atomic E-state index is 13.6. The van der Waals surface area contributed by atoms with E-state index in [1.807, 2.05) is 0 Å². The number of nitrogens with zero attached hydrogens (tertiary/aromatic N) is 4. The van der Waals surface area contributed by atoms with Crippen molar-refractivity contribution < 1.29 is 54.9 Å². The van der Waals surface area contributed by atoms with Crippen LogP contribution in [0.5, 0.6) is 23.0 Å². The van der Waals surface area contributed by atoms with Gasteiger partial charge in [-0.3, -0.25) is 19.6 Å². The van der Waals surface area contributed by atoms with Crippen LogP contribution in [0, 0.1) is 25.5 Å². The van der Waals surface area contributed by atoms with E-state index in [2.05, 4.69) is 49.5 Å². The Morgan fingerprint density at radius 3 is 1.53 bits per heavy atom. The number of anilines is 2. The van der Waals surface area contributed by atoms with Gasteiger partial charge in [-0.15, -0.1) is 17.6 Å². The lowest BCUT2D eigenvalue weighted by molar-refractivity contribution is -0.287. The topological polar surface area (TPSA) is 147 Å². The summed E-state index contributed by atoms with van der Waals surface area (Å²) < 4.78 is 97.3. The van der Waals surface area contributed by atoms with E-state index in [1.165, 1.54) is 86.3 Å². The molecular formula is C38H22Cl2F6N6O6. The summed E-state index contributed by atoms with van der Waals surface area (Å²) in [6, 6.07) is 12.9. The number of fused-ring (bicyclic) bond motifs is 2. The molecule has 296 valence electrons. The second-order valence-corrected chi connectivity index (χ2v) is 13.1. The Kier molecular flexibility index (Phi) is 10.5. The van der Waals surface area contributed by atoms with Crippen LogP contribution in [0.2, 0.25) is 10.0 Å². The average molecular weight is 844 g/mol. The molecule has 8 rings (SSSR count). The highest BCUT2D eigenvalue weighted by Gasteiger charge is 2.45. The maximum absolute atomic E-state index is 13.6. The monoisotopic (exact) mass is 842 g/mol. The number of benzene rings is 4. The van der Waals surface area contributed by atoms with Crippen molar-refractivity contribution in [2.75, 3.05) is 10.6 Å². The van der Waals surface area contributed by atoms with Gasteiger partial charge in [0.2, 0.25) is 0 Å². The molecule has 2 amide bonds. The van der Waals surface area contributed by atoms with Crippen molar-refractivity contribution in [2.45, 2.75) is 26.4 Å². The van der Waals surface area contributed by atoms with Crippen molar-refractivity contribution in [1.29, 1.82) is 0 Å². The summed E-state index contributed by atoms with van der Waals surface area (Å²) in [4.78, 5) is 41.0. The predicted octanol–water partition coefficient (Wildman–Crippen LogP) is 9.64. The third kappa shape index (κ3) is 8.52. The lowest BCUT2D eigenvalue weighted by atomic mass is 10.1. The van der Waals surface area contributed by atoms with Gasteiger partial charge in [0.1, 0.15) is 11.6 Å². The zero-order chi connectivity index (χ0) is 41.5. The van der Waals surface area contributed by atoms with Crippen LogP contribution in [-0.4, -0.2) is 44.3 Å². The van der Waals surface area contributed by atoms with Gasteiger partial charge in [0.05, 0.1) is 46.2 Å². The van der Waals surface area contributed by atoms with Gasteiger partial charge in [0.15, 0.2) is 34.6 Å². The summed E-state index contributed by atoms with van der Waals surface area (Å²) >= 11 is 12.2. The maximum Gasteiger partial charge on any atom is 0.586 e. The summed E-state index contributed by atoms with van der Waals surface area (Å²) in [6.07, 6.45) is -2.40. The summed E-state index contributed by atoms with van der Waals surface area (Å²) in [5.41, 5.74) is 2.23. The van der Waals surface area contributed by atoms with Gasteiger partial charge in [-0.1, -0.05) is 35.3 Å². The fourth-order valence-electron chi connectivity index (χ4n) is 5.46. The number of amides is 2. The van der Waals surface area contributed by atoms with Crippen LogP contribution in [0.3, 0.4) is 0 Å². The predicted molar refractivity (Wildman–Crippen MR) is 196 cm³/mol. The van der Waals surface area contributed by atoms with Gasteiger partial charge in [0.25, 0.3) is 11.8 Å². The van der Waals surface area contributed by atoms with E-state index in [4.69, 9.17) is 23.2 Å².